The maximum absolute atomic E-state index is 13.7. The summed E-state index contributed by atoms with van der Waals surface area (Å²) in [6.07, 6.45) is 0.382. The van der Waals surface area contributed by atoms with Crippen molar-refractivity contribution in [1.29, 1.82) is 0 Å². The largest absolute Gasteiger partial charge is 0.313 e. The summed E-state index contributed by atoms with van der Waals surface area (Å²) in [5, 5.41) is 2.84. The lowest BCUT2D eigenvalue weighted by Gasteiger charge is -2.17. The van der Waals surface area contributed by atoms with Gasteiger partial charge in [0.25, 0.3) is 0 Å². The molecule has 0 spiro atoms. The van der Waals surface area contributed by atoms with Crippen LogP contribution in [0.5, 0.6) is 0 Å². The van der Waals surface area contributed by atoms with Gasteiger partial charge in [0.05, 0.1) is 4.34 Å². The van der Waals surface area contributed by atoms with Gasteiger partial charge in [-0.15, -0.1) is 11.3 Å². The molecule has 0 saturated heterocycles. The first-order valence-corrected chi connectivity index (χ1v) is 6.76. The van der Waals surface area contributed by atoms with Gasteiger partial charge in [0.1, 0.15) is 17.5 Å². The van der Waals surface area contributed by atoms with Crippen LogP contribution in [-0.2, 0) is 6.42 Å². The molecule has 0 aliphatic rings. The highest BCUT2D eigenvalue weighted by Crippen LogP contribution is 2.29. The number of likely N-dealkylation sites (N-methyl/N-ethyl adjacent to an activating group) is 1. The van der Waals surface area contributed by atoms with Gasteiger partial charge in [-0.25, -0.2) is 13.2 Å². The van der Waals surface area contributed by atoms with Gasteiger partial charge in [-0.05, 0) is 19.2 Å². The molecule has 6 heteroatoms. The molecular weight excluding hydrogens is 295 g/mol. The SMILES string of the molecule is CNC(Cc1ccc(Cl)s1)c1c(F)cc(F)cc1F. The molecule has 0 aliphatic heterocycles. The fourth-order valence-corrected chi connectivity index (χ4v) is 3.03. The fraction of sp³-hybridized carbons (Fsp3) is 0.231. The molecule has 1 unspecified atom stereocenters. The van der Waals surface area contributed by atoms with Gasteiger partial charge in [0.15, 0.2) is 0 Å². The summed E-state index contributed by atoms with van der Waals surface area (Å²) in [6, 6.07) is 4.33. The summed E-state index contributed by atoms with van der Waals surface area (Å²) in [6.45, 7) is 0. The van der Waals surface area contributed by atoms with Crippen LogP contribution in [0.25, 0.3) is 0 Å². The Balaban J connectivity index is 2.32. The third kappa shape index (κ3) is 3.29. The van der Waals surface area contributed by atoms with Gasteiger partial charge in [-0.3, -0.25) is 0 Å². The van der Waals surface area contributed by atoms with Gasteiger partial charge in [-0.2, -0.15) is 0 Å². The molecular formula is C13H11ClF3NS. The minimum Gasteiger partial charge on any atom is -0.313 e. The summed E-state index contributed by atoms with van der Waals surface area (Å²) in [4.78, 5) is 0.896. The van der Waals surface area contributed by atoms with Crippen LogP contribution in [0.2, 0.25) is 4.34 Å². The Morgan fingerprint density at radius 3 is 2.32 bits per heavy atom. The van der Waals surface area contributed by atoms with Crippen LogP contribution in [0.4, 0.5) is 13.2 Å². The minimum absolute atomic E-state index is 0.159. The number of nitrogens with one attached hydrogen (secondary N) is 1. The van der Waals surface area contributed by atoms with Crippen molar-refractivity contribution in [3.63, 3.8) is 0 Å². The number of rotatable bonds is 4. The number of benzene rings is 1. The van der Waals surface area contributed by atoms with E-state index in [1.807, 2.05) is 0 Å². The van der Waals surface area contributed by atoms with Crippen molar-refractivity contribution in [3.05, 3.63) is 56.5 Å². The quantitative estimate of drug-likeness (QED) is 0.887. The molecule has 1 N–H and O–H groups in total. The van der Waals surface area contributed by atoms with E-state index in [9.17, 15) is 13.2 Å². The number of hydrogen-bond donors (Lipinski definition) is 1. The van der Waals surface area contributed by atoms with Crippen molar-refractivity contribution in [2.24, 2.45) is 0 Å². The summed E-state index contributed by atoms with van der Waals surface area (Å²) < 4.78 is 40.9. The van der Waals surface area contributed by atoms with E-state index in [2.05, 4.69) is 5.32 Å². The third-order valence-corrected chi connectivity index (χ3v) is 4.03. The lowest BCUT2D eigenvalue weighted by molar-refractivity contribution is 0.476. The zero-order valence-electron chi connectivity index (χ0n) is 10.0. The van der Waals surface area contributed by atoms with Crippen LogP contribution in [0, 0.1) is 17.5 Å². The van der Waals surface area contributed by atoms with E-state index < -0.39 is 23.5 Å². The topological polar surface area (TPSA) is 12.0 Å². The molecule has 1 atom stereocenters. The second kappa shape index (κ2) is 5.94. The average molecular weight is 306 g/mol. The predicted molar refractivity (Wildman–Crippen MR) is 71.1 cm³/mol. The van der Waals surface area contributed by atoms with E-state index in [1.54, 1.807) is 19.2 Å². The smallest absolute Gasteiger partial charge is 0.133 e. The number of halogens is 4. The van der Waals surface area contributed by atoms with E-state index >= 15 is 0 Å². The molecule has 2 rings (SSSR count). The van der Waals surface area contributed by atoms with E-state index in [1.165, 1.54) is 11.3 Å². The summed E-state index contributed by atoms with van der Waals surface area (Å²) in [7, 11) is 1.60. The van der Waals surface area contributed by atoms with Crippen molar-refractivity contribution >= 4 is 22.9 Å². The molecule has 102 valence electrons. The van der Waals surface area contributed by atoms with Crippen LogP contribution in [0.15, 0.2) is 24.3 Å². The Hall–Kier alpha value is -1.04. The molecule has 19 heavy (non-hydrogen) atoms. The average Bonchev–Trinajstić information content (AvgIpc) is 2.72. The monoisotopic (exact) mass is 305 g/mol. The van der Waals surface area contributed by atoms with Gasteiger partial charge < -0.3 is 5.32 Å². The van der Waals surface area contributed by atoms with Crippen molar-refractivity contribution in [1.82, 2.24) is 5.32 Å². The van der Waals surface area contributed by atoms with Crippen LogP contribution in [0.3, 0.4) is 0 Å². The number of hydrogen-bond acceptors (Lipinski definition) is 2. The summed E-state index contributed by atoms with van der Waals surface area (Å²) in [5.41, 5.74) is -0.159. The highest BCUT2D eigenvalue weighted by Gasteiger charge is 2.21. The Morgan fingerprint density at radius 1 is 1.21 bits per heavy atom. The molecule has 1 nitrogen and oxygen atoms in total. The molecule has 0 amide bonds. The lowest BCUT2D eigenvalue weighted by atomic mass is 10.0. The van der Waals surface area contributed by atoms with Crippen LogP contribution >= 0.6 is 22.9 Å². The van der Waals surface area contributed by atoms with Crippen LogP contribution < -0.4 is 5.32 Å². The van der Waals surface area contributed by atoms with Crippen molar-refractivity contribution in [3.8, 4) is 0 Å². The Bertz CT molecular complexity index is 562. The molecule has 0 radical (unpaired) electrons. The van der Waals surface area contributed by atoms with E-state index in [0.29, 0.717) is 22.9 Å². The molecule has 0 fully saturated rings. The van der Waals surface area contributed by atoms with E-state index in [0.717, 1.165) is 4.88 Å². The first-order valence-electron chi connectivity index (χ1n) is 5.57. The molecule has 1 heterocycles. The predicted octanol–water partition coefficient (Wildman–Crippen LogP) is 4.32. The van der Waals surface area contributed by atoms with Crippen LogP contribution in [-0.4, -0.2) is 7.05 Å². The van der Waals surface area contributed by atoms with Gasteiger partial charge in [0, 0.05) is 35.0 Å². The van der Waals surface area contributed by atoms with Crippen molar-refractivity contribution in [2.75, 3.05) is 7.05 Å². The number of thiophene rings is 1. The molecule has 0 bridgehead atoms. The molecule has 2 aromatic rings. The van der Waals surface area contributed by atoms with Gasteiger partial charge in [-0.1, -0.05) is 11.6 Å². The third-order valence-electron chi connectivity index (χ3n) is 2.77. The first kappa shape index (κ1) is 14.4. The van der Waals surface area contributed by atoms with Gasteiger partial charge in [0.2, 0.25) is 0 Å². The zero-order chi connectivity index (χ0) is 14.0. The Morgan fingerprint density at radius 2 is 1.84 bits per heavy atom. The van der Waals surface area contributed by atoms with Crippen molar-refractivity contribution in [2.45, 2.75) is 12.5 Å². The lowest BCUT2D eigenvalue weighted by Crippen LogP contribution is -2.21. The van der Waals surface area contributed by atoms with Gasteiger partial charge >= 0.3 is 0 Å². The molecule has 0 aliphatic carbocycles. The van der Waals surface area contributed by atoms with Crippen molar-refractivity contribution < 1.29 is 13.2 Å². The highest BCUT2D eigenvalue weighted by molar-refractivity contribution is 7.16. The summed E-state index contributed by atoms with van der Waals surface area (Å²) in [5.74, 6) is -2.70. The minimum atomic E-state index is -0.923. The maximum atomic E-state index is 13.7. The first-order chi connectivity index (χ1) is 9.01. The Kier molecular flexibility index (Phi) is 4.50. The normalized spacial score (nSPS) is 12.7. The second-order valence-electron chi connectivity index (χ2n) is 4.03. The van der Waals surface area contributed by atoms with E-state index in [4.69, 9.17) is 11.6 Å². The Labute approximate surface area is 118 Å². The molecule has 0 saturated carbocycles. The standard InChI is InChI=1S/C13H11ClF3NS/c1-18-11(6-8-2-3-12(14)19-8)13-9(16)4-7(15)5-10(13)17/h2-5,11,18H,6H2,1H3. The van der Waals surface area contributed by atoms with Crippen LogP contribution in [0.1, 0.15) is 16.5 Å². The summed E-state index contributed by atoms with van der Waals surface area (Å²) >= 11 is 7.16. The second-order valence-corrected chi connectivity index (χ2v) is 5.83. The molecule has 1 aromatic heterocycles. The maximum Gasteiger partial charge on any atom is 0.133 e. The highest BCUT2D eigenvalue weighted by atomic mass is 35.5. The van der Waals surface area contributed by atoms with E-state index in [-0.39, 0.29) is 5.56 Å². The molecule has 1 aromatic carbocycles. The fourth-order valence-electron chi connectivity index (χ4n) is 1.90. The zero-order valence-corrected chi connectivity index (χ0v) is 11.6.